The average molecular weight is 266 g/mol. The van der Waals surface area contributed by atoms with Crippen molar-refractivity contribution in [2.24, 2.45) is 0 Å². The van der Waals surface area contributed by atoms with Crippen LogP contribution in [-0.4, -0.2) is 11.4 Å². The van der Waals surface area contributed by atoms with Gasteiger partial charge in [-0.15, -0.1) is 0 Å². The Hall–Kier alpha value is -1.78. The van der Waals surface area contributed by atoms with Crippen LogP contribution in [0.1, 0.15) is 21.7 Å². The number of aliphatic hydroxyl groups excluding tert-OH is 1. The lowest BCUT2D eigenvalue weighted by Gasteiger charge is -2.10. The summed E-state index contributed by atoms with van der Waals surface area (Å²) in [6.07, 6.45) is 2.31. The zero-order chi connectivity index (χ0) is 13.0. The standard InChI is InChI=1S/C13H12ClNO3/c14-12-5-13(10(8-17)4-9(12)7-16)15-6-11-2-1-3-18-11/h1-5,8,15-16H,6-7H2. The molecule has 2 N–H and O–H groups in total. The first kappa shape index (κ1) is 12.7. The number of aldehydes is 1. The van der Waals surface area contributed by atoms with Gasteiger partial charge in [-0.3, -0.25) is 4.79 Å². The normalized spacial score (nSPS) is 10.3. The van der Waals surface area contributed by atoms with Crippen molar-refractivity contribution in [1.29, 1.82) is 0 Å². The second-order valence-corrected chi connectivity index (χ2v) is 4.15. The molecule has 5 heteroatoms. The van der Waals surface area contributed by atoms with Gasteiger partial charge in [0.05, 0.1) is 19.4 Å². The van der Waals surface area contributed by atoms with Gasteiger partial charge in [-0.25, -0.2) is 0 Å². The van der Waals surface area contributed by atoms with E-state index in [0.29, 0.717) is 28.4 Å². The molecule has 1 aromatic carbocycles. The number of carbonyl (C=O) groups is 1. The highest BCUT2D eigenvalue weighted by Crippen LogP contribution is 2.25. The van der Waals surface area contributed by atoms with Crippen LogP contribution in [0.2, 0.25) is 5.02 Å². The molecule has 0 spiro atoms. The van der Waals surface area contributed by atoms with Gasteiger partial charge < -0.3 is 14.8 Å². The van der Waals surface area contributed by atoms with E-state index in [1.54, 1.807) is 24.5 Å². The second-order valence-electron chi connectivity index (χ2n) is 3.74. The maximum absolute atomic E-state index is 11.0. The van der Waals surface area contributed by atoms with Crippen LogP contribution in [-0.2, 0) is 13.2 Å². The molecule has 2 rings (SSSR count). The van der Waals surface area contributed by atoms with Gasteiger partial charge in [0.1, 0.15) is 5.76 Å². The Kier molecular flexibility index (Phi) is 4.02. The fourth-order valence-corrected chi connectivity index (χ4v) is 1.83. The van der Waals surface area contributed by atoms with Crippen molar-refractivity contribution in [3.05, 3.63) is 52.4 Å². The minimum absolute atomic E-state index is 0.196. The van der Waals surface area contributed by atoms with Crippen molar-refractivity contribution in [3.8, 4) is 0 Å². The predicted molar refractivity (Wildman–Crippen MR) is 68.8 cm³/mol. The molecule has 2 aromatic rings. The molecule has 0 aliphatic carbocycles. The van der Waals surface area contributed by atoms with Crippen molar-refractivity contribution < 1.29 is 14.3 Å². The highest BCUT2D eigenvalue weighted by atomic mass is 35.5. The quantitative estimate of drug-likeness (QED) is 0.816. The van der Waals surface area contributed by atoms with E-state index in [2.05, 4.69) is 5.32 Å². The predicted octanol–water partition coefficient (Wildman–Crippen LogP) is 2.85. The van der Waals surface area contributed by atoms with E-state index in [1.807, 2.05) is 6.07 Å². The number of carbonyl (C=O) groups excluding carboxylic acids is 1. The number of benzene rings is 1. The third-order valence-corrected chi connectivity index (χ3v) is 2.90. The first-order valence-corrected chi connectivity index (χ1v) is 5.77. The molecule has 1 heterocycles. The Morgan fingerprint density at radius 1 is 1.44 bits per heavy atom. The largest absolute Gasteiger partial charge is 0.467 e. The van der Waals surface area contributed by atoms with Crippen LogP contribution in [0.15, 0.2) is 34.9 Å². The van der Waals surface area contributed by atoms with Crippen LogP contribution in [0.3, 0.4) is 0 Å². The Morgan fingerprint density at radius 2 is 2.28 bits per heavy atom. The van der Waals surface area contributed by atoms with Gasteiger partial charge in [0.2, 0.25) is 0 Å². The van der Waals surface area contributed by atoms with E-state index in [1.165, 1.54) is 0 Å². The van der Waals surface area contributed by atoms with Gasteiger partial charge in [-0.05, 0) is 29.8 Å². The summed E-state index contributed by atoms with van der Waals surface area (Å²) in [5, 5.41) is 12.6. The molecule has 4 nitrogen and oxygen atoms in total. The molecule has 0 radical (unpaired) electrons. The fraction of sp³-hybridized carbons (Fsp3) is 0.154. The summed E-state index contributed by atoms with van der Waals surface area (Å²) in [6, 6.07) is 6.82. The molecule has 0 saturated heterocycles. The maximum Gasteiger partial charge on any atom is 0.152 e. The van der Waals surface area contributed by atoms with Crippen molar-refractivity contribution >= 4 is 23.6 Å². The average Bonchev–Trinajstić information content (AvgIpc) is 2.89. The summed E-state index contributed by atoms with van der Waals surface area (Å²) in [6.45, 7) is 0.265. The molecular weight excluding hydrogens is 254 g/mol. The molecule has 0 fully saturated rings. The SMILES string of the molecule is O=Cc1cc(CO)c(Cl)cc1NCc1ccco1. The monoisotopic (exact) mass is 265 g/mol. The molecule has 0 aliphatic heterocycles. The van der Waals surface area contributed by atoms with E-state index in [-0.39, 0.29) is 6.61 Å². The van der Waals surface area contributed by atoms with Gasteiger partial charge >= 0.3 is 0 Å². The van der Waals surface area contributed by atoms with Crippen molar-refractivity contribution in [2.75, 3.05) is 5.32 Å². The van der Waals surface area contributed by atoms with Crippen LogP contribution in [0.4, 0.5) is 5.69 Å². The third-order valence-electron chi connectivity index (χ3n) is 2.55. The van der Waals surface area contributed by atoms with E-state index < -0.39 is 0 Å². The van der Waals surface area contributed by atoms with Gasteiger partial charge in [0.25, 0.3) is 0 Å². The molecule has 0 unspecified atom stereocenters. The summed E-state index contributed by atoms with van der Waals surface area (Å²) in [7, 11) is 0. The zero-order valence-corrected chi connectivity index (χ0v) is 10.3. The molecule has 0 saturated carbocycles. The van der Waals surface area contributed by atoms with E-state index >= 15 is 0 Å². The maximum atomic E-state index is 11.0. The van der Waals surface area contributed by atoms with Crippen molar-refractivity contribution in [1.82, 2.24) is 0 Å². The number of nitrogens with one attached hydrogen (secondary N) is 1. The molecule has 18 heavy (non-hydrogen) atoms. The van der Waals surface area contributed by atoms with Crippen LogP contribution >= 0.6 is 11.6 Å². The van der Waals surface area contributed by atoms with Gasteiger partial charge in [0.15, 0.2) is 6.29 Å². The fourth-order valence-electron chi connectivity index (χ4n) is 1.60. The van der Waals surface area contributed by atoms with E-state index in [0.717, 1.165) is 12.0 Å². The third kappa shape index (κ3) is 2.72. The Balaban J connectivity index is 2.21. The highest BCUT2D eigenvalue weighted by molar-refractivity contribution is 6.31. The van der Waals surface area contributed by atoms with E-state index in [4.69, 9.17) is 21.1 Å². The molecule has 0 aliphatic rings. The minimum Gasteiger partial charge on any atom is -0.467 e. The molecule has 0 atom stereocenters. The number of hydrogen-bond acceptors (Lipinski definition) is 4. The number of hydrogen-bond donors (Lipinski definition) is 2. The van der Waals surface area contributed by atoms with E-state index in [9.17, 15) is 4.79 Å². The van der Waals surface area contributed by atoms with Crippen LogP contribution in [0.5, 0.6) is 0 Å². The van der Waals surface area contributed by atoms with Gasteiger partial charge in [-0.1, -0.05) is 11.6 Å². The van der Waals surface area contributed by atoms with Gasteiger partial charge in [0, 0.05) is 16.3 Å². The summed E-state index contributed by atoms with van der Waals surface area (Å²) in [5.74, 6) is 0.759. The van der Waals surface area contributed by atoms with Crippen LogP contribution in [0, 0.1) is 0 Å². The smallest absolute Gasteiger partial charge is 0.152 e. The lowest BCUT2D eigenvalue weighted by atomic mass is 10.1. The summed E-state index contributed by atoms with van der Waals surface area (Å²) in [5.41, 5.74) is 1.60. The number of furan rings is 1. The summed E-state index contributed by atoms with van der Waals surface area (Å²) >= 11 is 5.98. The highest BCUT2D eigenvalue weighted by Gasteiger charge is 2.08. The Labute approximate surface area is 109 Å². The summed E-state index contributed by atoms with van der Waals surface area (Å²) < 4.78 is 5.18. The zero-order valence-electron chi connectivity index (χ0n) is 9.52. The number of halogens is 1. The lowest BCUT2D eigenvalue weighted by Crippen LogP contribution is -2.02. The van der Waals surface area contributed by atoms with Crippen molar-refractivity contribution in [3.63, 3.8) is 0 Å². The molecule has 0 amide bonds. The molecule has 94 valence electrons. The molecule has 0 bridgehead atoms. The topological polar surface area (TPSA) is 62.5 Å². The number of rotatable bonds is 5. The number of aliphatic hydroxyl groups is 1. The van der Waals surface area contributed by atoms with Crippen LogP contribution < -0.4 is 5.32 Å². The Morgan fingerprint density at radius 3 is 2.89 bits per heavy atom. The van der Waals surface area contributed by atoms with Crippen LogP contribution in [0.25, 0.3) is 0 Å². The number of anilines is 1. The first-order chi connectivity index (χ1) is 8.74. The second kappa shape index (κ2) is 5.71. The molecule has 1 aromatic heterocycles. The first-order valence-electron chi connectivity index (χ1n) is 5.39. The molecular formula is C13H12ClNO3. The lowest BCUT2D eigenvalue weighted by molar-refractivity contribution is 0.112. The minimum atomic E-state index is -0.196. The van der Waals surface area contributed by atoms with Gasteiger partial charge in [-0.2, -0.15) is 0 Å². The van der Waals surface area contributed by atoms with Crippen molar-refractivity contribution in [2.45, 2.75) is 13.2 Å². The summed E-state index contributed by atoms with van der Waals surface area (Å²) in [4.78, 5) is 11.0. The Bertz CT molecular complexity index is 537.